The normalized spacial score (nSPS) is 21.4. The highest BCUT2D eigenvalue weighted by atomic mass is 32.2. The number of carbonyl (C=O) groups excluding carboxylic acids is 5. The number of hydrogen-bond acceptors (Lipinski definition) is 27. The third kappa shape index (κ3) is 29.5. The molecule has 5 N–H and O–H groups in total. The Morgan fingerprint density at radius 1 is 0.367 bits per heavy atom. The lowest BCUT2D eigenvalue weighted by molar-refractivity contribution is -0.148. The summed E-state index contributed by atoms with van der Waals surface area (Å²) in [5.41, 5.74) is 4.71. The zero-order valence-electron chi connectivity index (χ0n) is 69.1. The van der Waals surface area contributed by atoms with Crippen molar-refractivity contribution in [1.29, 1.82) is 10.5 Å². The van der Waals surface area contributed by atoms with E-state index in [2.05, 4.69) is 36.8 Å². The first-order valence-electron chi connectivity index (χ1n) is 39.3. The van der Waals surface area contributed by atoms with Crippen LogP contribution in [0.15, 0.2) is 171 Å². The van der Waals surface area contributed by atoms with E-state index in [9.17, 15) is 66.1 Å². The minimum atomic E-state index is -3.92. The van der Waals surface area contributed by atoms with Crippen molar-refractivity contribution in [2.45, 2.75) is 193 Å². The summed E-state index contributed by atoms with van der Waals surface area (Å²) in [5, 5.41) is 18.3. The van der Waals surface area contributed by atoms with Crippen molar-refractivity contribution in [2.24, 2.45) is 29.6 Å². The molecule has 32 nitrogen and oxygen atoms in total. The topological polar surface area (TPSA) is 456 Å². The number of sulfonamides is 5. The van der Waals surface area contributed by atoms with Crippen LogP contribution in [0, 0.1) is 86.9 Å². The fourth-order valence-electron chi connectivity index (χ4n) is 13.4. The number of nitriles is 2. The first kappa shape index (κ1) is 100. The third-order valence-corrected chi connectivity index (χ3v) is 27.1. The number of nitrogens with zero attached hydrogens (tertiary/aromatic N) is 2. The molecule has 0 spiro atoms. The molecule has 5 saturated heterocycles. The molecule has 0 aliphatic carbocycles. The first-order valence-corrected chi connectivity index (χ1v) is 46.7. The van der Waals surface area contributed by atoms with Crippen LogP contribution in [0.25, 0.3) is 0 Å². The Kier molecular flexibility index (Phi) is 40.2. The van der Waals surface area contributed by atoms with Gasteiger partial charge in [-0.3, -0.25) is 24.0 Å². The summed E-state index contributed by atoms with van der Waals surface area (Å²) in [6.07, 6.45) is 4.90. The summed E-state index contributed by atoms with van der Waals surface area (Å²) < 4.78 is 191. The Hall–Kier alpha value is -8.74. The molecule has 5 aromatic carbocycles. The molecule has 658 valence electrons. The maximum atomic E-state index is 12.7. The fourth-order valence-corrected chi connectivity index (χ4v) is 19.6. The van der Waals surface area contributed by atoms with Crippen molar-refractivity contribution in [3.8, 4) is 12.1 Å². The van der Waals surface area contributed by atoms with E-state index in [4.69, 9.17) is 57.9 Å². The molecule has 5 fully saturated rings. The van der Waals surface area contributed by atoms with Gasteiger partial charge in [0.05, 0.1) is 88.5 Å². The Morgan fingerprint density at radius 2 is 0.592 bits per heavy atom. The average Bonchev–Trinajstić information content (AvgIpc) is 1.47. The highest BCUT2D eigenvalue weighted by Gasteiger charge is 2.46. The molecule has 5 heterocycles. The number of hydrogen-bond donors (Lipinski definition) is 5. The van der Waals surface area contributed by atoms with E-state index in [1.165, 1.54) is 60.7 Å². The van der Waals surface area contributed by atoms with Crippen molar-refractivity contribution in [3.63, 3.8) is 0 Å². The molecule has 0 bridgehead atoms. The summed E-state index contributed by atoms with van der Waals surface area (Å²) in [6, 6.07) is 30.7. The van der Waals surface area contributed by atoms with E-state index in [-0.39, 0.29) is 87.5 Å². The number of benzene rings is 5. The third-order valence-electron chi connectivity index (χ3n) is 19.8. The van der Waals surface area contributed by atoms with Crippen molar-refractivity contribution in [3.05, 3.63) is 174 Å². The van der Waals surface area contributed by atoms with Crippen LogP contribution in [0.2, 0.25) is 0 Å². The maximum absolute atomic E-state index is 12.7. The lowest BCUT2D eigenvalue weighted by atomic mass is 9.91. The summed E-state index contributed by atoms with van der Waals surface area (Å²) in [5.74, 6) is -5.11. The van der Waals surface area contributed by atoms with E-state index >= 15 is 0 Å². The van der Waals surface area contributed by atoms with Gasteiger partial charge in [-0.2, -0.15) is 34.1 Å². The number of aryl methyl sites for hydroxylation is 5. The van der Waals surface area contributed by atoms with Crippen LogP contribution < -0.4 is 23.6 Å². The molecule has 0 unspecified atom stereocenters. The minimum Gasteiger partial charge on any atom is -0.465 e. The molecule has 14 atom stereocenters. The van der Waals surface area contributed by atoms with E-state index in [1.54, 1.807) is 107 Å². The maximum Gasteiger partial charge on any atom is 0.324 e. The van der Waals surface area contributed by atoms with Crippen LogP contribution in [0.1, 0.15) is 107 Å². The molecule has 0 saturated carbocycles. The Balaban J connectivity index is 0.000000233. The number of carbonyl (C=O) groups is 5. The summed E-state index contributed by atoms with van der Waals surface area (Å²) in [7, 11) is -19.3. The van der Waals surface area contributed by atoms with Crippen LogP contribution in [-0.2, 0) is 121 Å². The first-order chi connectivity index (χ1) is 57.0. The highest BCUT2D eigenvalue weighted by Crippen LogP contribution is 2.33. The molecule has 0 radical (unpaired) electrons. The van der Waals surface area contributed by atoms with Gasteiger partial charge in [0, 0.05) is 62.6 Å². The summed E-state index contributed by atoms with van der Waals surface area (Å²) in [4.78, 5) is 61.9. The van der Waals surface area contributed by atoms with Crippen molar-refractivity contribution in [1.82, 2.24) is 23.6 Å². The zero-order chi connectivity index (χ0) is 88.5. The van der Waals surface area contributed by atoms with Crippen LogP contribution in [-0.4, -0.2) is 199 Å². The van der Waals surface area contributed by atoms with Crippen molar-refractivity contribution in [2.75, 3.05) is 72.7 Å². The van der Waals surface area contributed by atoms with Crippen LogP contribution in [0.4, 0.5) is 0 Å². The SMILES string of the molecule is C=CC[C@@H]1OCC[C@H]1[C@@H](NS(=O)(=O)c1ccc(C)cc1)C(=O)OCC.C=CC[C@H]1OCC[C@H]1[C@@H](NS(=O)(=O)c1ccc(C)cc1)C(=O)OCC.CCOC(=O)[C@H](NS(=O)(=O)c1ccc(C)cc1)[C@@H]1CCOC1.CCOC(=O)[C@H](NS(=O)(=O)c1ccc(C)cc1)[C@@H]1CCO[C@@H]1C#N.CCOC(=O)[C@H](NS(=O)(=O)c1ccc(C)cc1)[C@@H]1CCO[C@H]1C#N. The second-order valence-corrected chi connectivity index (χ2v) is 37.0. The Labute approximate surface area is 705 Å². The molecule has 5 aliphatic rings. The average molecular weight is 1770 g/mol. The highest BCUT2D eigenvalue weighted by molar-refractivity contribution is 7.90. The number of esters is 5. The predicted octanol–water partition coefficient (Wildman–Crippen LogP) is 7.88. The van der Waals surface area contributed by atoms with Crippen molar-refractivity contribution >= 4 is 80.0 Å². The fraction of sp³-hybridized carbons (Fsp3) is 0.506. The van der Waals surface area contributed by atoms with Crippen LogP contribution in [0.3, 0.4) is 0 Å². The molecule has 120 heavy (non-hydrogen) atoms. The molecule has 5 aromatic rings. The van der Waals surface area contributed by atoms with E-state index in [0.717, 1.165) is 27.8 Å². The second-order valence-electron chi connectivity index (χ2n) is 28.5. The lowest BCUT2D eigenvalue weighted by Gasteiger charge is -2.26. The van der Waals surface area contributed by atoms with Gasteiger partial charge in [0.15, 0.2) is 0 Å². The Morgan fingerprint density at radius 3 is 0.817 bits per heavy atom. The molecular formula is C83H111N7O25S5. The smallest absolute Gasteiger partial charge is 0.324 e. The molecular weight excluding hydrogens is 1660 g/mol. The van der Waals surface area contributed by atoms with E-state index in [1.807, 2.05) is 46.8 Å². The predicted molar refractivity (Wildman–Crippen MR) is 441 cm³/mol. The monoisotopic (exact) mass is 1770 g/mol. The molecule has 0 amide bonds. The van der Waals surface area contributed by atoms with Crippen molar-refractivity contribution < 1.29 is 113 Å². The molecule has 5 aliphatic heterocycles. The van der Waals surface area contributed by atoms with Gasteiger partial charge in [0.2, 0.25) is 50.1 Å². The second kappa shape index (κ2) is 48.2. The standard InChI is InChI=1S/2C18H25NO5S.2C16H20N2O5S.C15H21NO5S/c2*1-4-6-16-15(11-12-24-16)17(18(20)23-5-2)19-25(21,22)14-9-7-13(3)8-10-14;2*1-3-22-16(19)15(13-8-9-23-14(13)10-17)18-24(20,21)12-6-4-11(2)5-7-12;1-3-21-15(17)14(12-8-9-20-10-12)16-22(18,19)13-6-4-11(2)5-7-13/h2*4,7-10,15-17,19H,1,5-6,11-12H2,2-3H3;2*4-7,13-15,18H,3,8-9H2,1-2H3;4-7,12,14,16H,3,8-10H2,1-2H3/t15-,16+,17-;15-,16-,17-;13-,14+,15-;13-,14-,15-;12-,14-/m11111/s1. The summed E-state index contributed by atoms with van der Waals surface area (Å²) >= 11 is 0. The van der Waals surface area contributed by atoms with Gasteiger partial charge in [-0.15, -0.1) is 13.2 Å². The van der Waals surface area contributed by atoms with Gasteiger partial charge >= 0.3 is 29.8 Å². The lowest BCUT2D eigenvalue weighted by Crippen LogP contribution is -2.49. The van der Waals surface area contributed by atoms with Gasteiger partial charge in [0.1, 0.15) is 42.4 Å². The van der Waals surface area contributed by atoms with Crippen LogP contribution in [0.5, 0.6) is 0 Å². The van der Waals surface area contributed by atoms with Crippen LogP contribution >= 0.6 is 0 Å². The molecule has 10 rings (SSSR count). The number of nitrogens with one attached hydrogen (secondary N) is 5. The molecule has 0 aromatic heterocycles. The minimum absolute atomic E-state index is 0.0508. The van der Waals surface area contributed by atoms with Gasteiger partial charge in [0.25, 0.3) is 0 Å². The van der Waals surface area contributed by atoms with E-state index in [0.29, 0.717) is 84.6 Å². The number of ether oxygens (including phenoxy) is 10. The largest absolute Gasteiger partial charge is 0.465 e. The van der Waals surface area contributed by atoms with Gasteiger partial charge in [-0.05, 0) is 175 Å². The van der Waals surface area contributed by atoms with Gasteiger partial charge < -0.3 is 47.4 Å². The van der Waals surface area contributed by atoms with Gasteiger partial charge in [-0.25, -0.2) is 42.1 Å². The quantitative estimate of drug-likeness (QED) is 0.0148. The van der Waals surface area contributed by atoms with Gasteiger partial charge in [-0.1, -0.05) is 101 Å². The Bertz CT molecular complexity index is 4620. The number of rotatable bonds is 34. The molecule has 37 heteroatoms. The summed E-state index contributed by atoms with van der Waals surface area (Å²) in [6.45, 7) is 28.3. The zero-order valence-corrected chi connectivity index (χ0v) is 73.2. The van der Waals surface area contributed by atoms with E-state index < -0.39 is 134 Å².